The van der Waals surface area contributed by atoms with Crippen molar-refractivity contribution in [3.8, 4) is 28.6 Å². The van der Waals surface area contributed by atoms with E-state index in [1.165, 1.54) is 11.8 Å². The summed E-state index contributed by atoms with van der Waals surface area (Å²) in [6.07, 6.45) is 2.69. The molecule has 0 unspecified atom stereocenters. The SMILES string of the molecule is CCOc1cc(C=O)ccc1Oc1cc(-c2ccccc2)nc(SC)n1. The van der Waals surface area contributed by atoms with E-state index in [1.54, 1.807) is 24.3 Å². The van der Waals surface area contributed by atoms with E-state index in [4.69, 9.17) is 9.47 Å². The number of thioether (sulfide) groups is 1. The number of nitrogens with zero attached hydrogens (tertiary/aromatic N) is 2. The maximum atomic E-state index is 11.0. The first-order valence-electron chi connectivity index (χ1n) is 8.12. The fraction of sp³-hybridized carbons (Fsp3) is 0.150. The highest BCUT2D eigenvalue weighted by atomic mass is 32.2. The number of carbonyl (C=O) groups is 1. The molecule has 0 spiro atoms. The number of rotatable bonds is 7. The van der Waals surface area contributed by atoms with Crippen LogP contribution in [0, 0.1) is 0 Å². The molecule has 0 saturated heterocycles. The first-order chi connectivity index (χ1) is 12.7. The van der Waals surface area contributed by atoms with Gasteiger partial charge in [0.2, 0.25) is 5.88 Å². The fourth-order valence-electron chi connectivity index (χ4n) is 2.37. The lowest BCUT2D eigenvalue weighted by Gasteiger charge is -2.12. The quantitative estimate of drug-likeness (QED) is 0.338. The standard InChI is InChI=1S/C20H18N2O3S/c1-3-24-18-11-14(13-23)9-10-17(18)25-19-12-16(21-20(22-19)26-2)15-7-5-4-6-8-15/h4-13H,3H2,1-2H3. The molecular weight excluding hydrogens is 348 g/mol. The summed E-state index contributed by atoms with van der Waals surface area (Å²) in [6.45, 7) is 2.34. The summed E-state index contributed by atoms with van der Waals surface area (Å²) in [5, 5.41) is 0.615. The predicted molar refractivity (Wildman–Crippen MR) is 102 cm³/mol. The van der Waals surface area contributed by atoms with Gasteiger partial charge in [-0.3, -0.25) is 4.79 Å². The number of carbonyl (C=O) groups excluding carboxylic acids is 1. The third kappa shape index (κ3) is 4.21. The molecule has 3 aromatic rings. The molecule has 3 rings (SSSR count). The summed E-state index contributed by atoms with van der Waals surface area (Å²) in [5.41, 5.74) is 2.29. The molecule has 26 heavy (non-hydrogen) atoms. The smallest absolute Gasteiger partial charge is 0.224 e. The number of benzene rings is 2. The molecule has 0 bridgehead atoms. The van der Waals surface area contributed by atoms with E-state index in [1.807, 2.05) is 43.5 Å². The monoisotopic (exact) mass is 366 g/mol. The Balaban J connectivity index is 1.98. The molecule has 6 heteroatoms. The van der Waals surface area contributed by atoms with Crippen molar-refractivity contribution in [2.75, 3.05) is 12.9 Å². The van der Waals surface area contributed by atoms with Crippen molar-refractivity contribution in [1.29, 1.82) is 0 Å². The summed E-state index contributed by atoms with van der Waals surface area (Å²) in [6, 6.07) is 16.7. The summed E-state index contributed by atoms with van der Waals surface area (Å²) in [5.74, 6) is 1.42. The number of ether oxygens (including phenoxy) is 2. The van der Waals surface area contributed by atoms with E-state index in [0.29, 0.717) is 34.7 Å². The van der Waals surface area contributed by atoms with Gasteiger partial charge in [0.1, 0.15) is 6.29 Å². The largest absolute Gasteiger partial charge is 0.490 e. The first-order valence-corrected chi connectivity index (χ1v) is 9.34. The van der Waals surface area contributed by atoms with Crippen LogP contribution in [0.25, 0.3) is 11.3 Å². The third-order valence-electron chi connectivity index (χ3n) is 3.55. The molecule has 0 aliphatic heterocycles. The van der Waals surface area contributed by atoms with E-state index in [0.717, 1.165) is 17.5 Å². The van der Waals surface area contributed by atoms with E-state index >= 15 is 0 Å². The fourth-order valence-corrected chi connectivity index (χ4v) is 2.74. The minimum atomic E-state index is 0.419. The van der Waals surface area contributed by atoms with Crippen LogP contribution in [-0.2, 0) is 0 Å². The Morgan fingerprint density at radius 3 is 2.54 bits per heavy atom. The molecule has 0 fully saturated rings. The Kier molecular flexibility index (Phi) is 5.86. The zero-order valence-electron chi connectivity index (χ0n) is 14.5. The van der Waals surface area contributed by atoms with Gasteiger partial charge in [0, 0.05) is 17.2 Å². The van der Waals surface area contributed by atoms with Crippen molar-refractivity contribution < 1.29 is 14.3 Å². The Labute approximate surface area is 156 Å². The van der Waals surface area contributed by atoms with Crippen molar-refractivity contribution in [1.82, 2.24) is 9.97 Å². The molecule has 5 nitrogen and oxygen atoms in total. The Morgan fingerprint density at radius 1 is 1.04 bits per heavy atom. The average Bonchev–Trinajstić information content (AvgIpc) is 2.70. The Bertz CT molecular complexity index is 901. The molecule has 132 valence electrons. The molecule has 1 heterocycles. The summed E-state index contributed by atoms with van der Waals surface area (Å²) in [7, 11) is 0. The van der Waals surface area contributed by atoms with Gasteiger partial charge in [0.15, 0.2) is 16.7 Å². The summed E-state index contributed by atoms with van der Waals surface area (Å²) < 4.78 is 11.6. The van der Waals surface area contributed by atoms with Gasteiger partial charge in [-0.25, -0.2) is 4.98 Å². The second kappa shape index (κ2) is 8.49. The molecule has 0 aliphatic rings. The van der Waals surface area contributed by atoms with Crippen LogP contribution < -0.4 is 9.47 Å². The van der Waals surface area contributed by atoms with Crippen LogP contribution in [0.5, 0.6) is 17.4 Å². The molecule has 0 saturated carbocycles. The van der Waals surface area contributed by atoms with Crippen molar-refractivity contribution in [3.05, 3.63) is 60.2 Å². The lowest BCUT2D eigenvalue weighted by Crippen LogP contribution is -1.99. The molecule has 0 amide bonds. The van der Waals surface area contributed by atoms with Gasteiger partial charge in [0.25, 0.3) is 0 Å². The van der Waals surface area contributed by atoms with Crippen LogP contribution in [0.15, 0.2) is 59.8 Å². The second-order valence-corrected chi connectivity index (χ2v) is 6.08. The van der Waals surface area contributed by atoms with E-state index in [-0.39, 0.29) is 0 Å². The Morgan fingerprint density at radius 2 is 1.85 bits per heavy atom. The van der Waals surface area contributed by atoms with Gasteiger partial charge in [-0.2, -0.15) is 4.98 Å². The number of aromatic nitrogens is 2. The molecule has 0 aliphatic carbocycles. The second-order valence-electron chi connectivity index (χ2n) is 5.30. The van der Waals surface area contributed by atoms with Crippen molar-refractivity contribution in [2.45, 2.75) is 12.1 Å². The van der Waals surface area contributed by atoms with Gasteiger partial charge in [-0.15, -0.1) is 0 Å². The van der Waals surface area contributed by atoms with Gasteiger partial charge in [-0.05, 0) is 31.4 Å². The predicted octanol–water partition coefficient (Wildman–Crippen LogP) is 4.87. The highest BCUT2D eigenvalue weighted by Gasteiger charge is 2.12. The lowest BCUT2D eigenvalue weighted by molar-refractivity contribution is 0.112. The summed E-state index contributed by atoms with van der Waals surface area (Å²) in [4.78, 5) is 20.0. The van der Waals surface area contributed by atoms with Crippen LogP contribution in [0.2, 0.25) is 0 Å². The molecule has 0 radical (unpaired) electrons. The average molecular weight is 366 g/mol. The van der Waals surface area contributed by atoms with E-state index in [9.17, 15) is 4.79 Å². The highest BCUT2D eigenvalue weighted by molar-refractivity contribution is 7.98. The lowest BCUT2D eigenvalue weighted by atomic mass is 10.1. The number of hydrogen-bond donors (Lipinski definition) is 0. The minimum absolute atomic E-state index is 0.419. The third-order valence-corrected chi connectivity index (χ3v) is 4.10. The van der Waals surface area contributed by atoms with Crippen molar-refractivity contribution in [3.63, 3.8) is 0 Å². The van der Waals surface area contributed by atoms with Crippen molar-refractivity contribution >= 4 is 18.0 Å². The van der Waals surface area contributed by atoms with Crippen molar-refractivity contribution in [2.24, 2.45) is 0 Å². The maximum Gasteiger partial charge on any atom is 0.224 e. The Hall–Kier alpha value is -2.86. The van der Waals surface area contributed by atoms with Crippen LogP contribution >= 0.6 is 11.8 Å². The molecule has 0 N–H and O–H groups in total. The van der Waals surface area contributed by atoms with Crippen LogP contribution in [0.1, 0.15) is 17.3 Å². The zero-order valence-corrected chi connectivity index (χ0v) is 15.3. The minimum Gasteiger partial charge on any atom is -0.490 e. The van der Waals surface area contributed by atoms with Crippen LogP contribution in [0.4, 0.5) is 0 Å². The molecule has 0 atom stereocenters. The van der Waals surface area contributed by atoms with E-state index in [2.05, 4.69) is 9.97 Å². The normalized spacial score (nSPS) is 10.4. The maximum absolute atomic E-state index is 11.0. The van der Waals surface area contributed by atoms with E-state index < -0.39 is 0 Å². The number of aldehydes is 1. The molecular formula is C20H18N2O3S. The summed E-state index contributed by atoms with van der Waals surface area (Å²) >= 11 is 1.44. The zero-order chi connectivity index (χ0) is 18.4. The van der Waals surface area contributed by atoms with Gasteiger partial charge >= 0.3 is 0 Å². The molecule has 1 aromatic heterocycles. The topological polar surface area (TPSA) is 61.3 Å². The van der Waals surface area contributed by atoms with Crippen LogP contribution in [-0.4, -0.2) is 29.1 Å². The van der Waals surface area contributed by atoms with Gasteiger partial charge in [0.05, 0.1) is 12.3 Å². The van der Waals surface area contributed by atoms with Crippen LogP contribution in [0.3, 0.4) is 0 Å². The highest BCUT2D eigenvalue weighted by Crippen LogP contribution is 2.33. The van der Waals surface area contributed by atoms with Gasteiger partial charge < -0.3 is 9.47 Å². The first kappa shape index (κ1) is 17.9. The van der Waals surface area contributed by atoms with Gasteiger partial charge in [-0.1, -0.05) is 42.1 Å². The number of hydrogen-bond acceptors (Lipinski definition) is 6. The molecule has 2 aromatic carbocycles.